The normalized spacial score (nSPS) is 28.9. The van der Waals surface area contributed by atoms with Crippen LogP contribution in [0.4, 0.5) is 17.8 Å². The van der Waals surface area contributed by atoms with Crippen LogP contribution in [0.2, 0.25) is 0 Å². The molecule has 0 bridgehead atoms. The van der Waals surface area contributed by atoms with Gasteiger partial charge in [-0.05, 0) is 12.8 Å². The summed E-state index contributed by atoms with van der Waals surface area (Å²) in [5, 5.41) is 12.2. The van der Waals surface area contributed by atoms with Gasteiger partial charge < -0.3 is 48.9 Å². The number of primary amides is 1. The zero-order chi connectivity index (χ0) is 21.1. The lowest BCUT2D eigenvalue weighted by Crippen LogP contribution is -2.54. The zero-order valence-corrected chi connectivity index (χ0v) is 16.3. The lowest BCUT2D eigenvalue weighted by Gasteiger charge is -2.37. The summed E-state index contributed by atoms with van der Waals surface area (Å²) >= 11 is 0. The Morgan fingerprint density at radius 2 is 1.34 bits per heavy atom. The number of anilines is 3. The molecule has 1 aromatic rings. The van der Waals surface area contributed by atoms with Crippen molar-refractivity contribution in [3.63, 3.8) is 0 Å². The Hall–Kier alpha value is -2.32. The van der Waals surface area contributed by atoms with Crippen molar-refractivity contribution in [2.45, 2.75) is 43.1 Å². The number of nitrogens with two attached hydrogens (primary N) is 5. The Morgan fingerprint density at radius 1 is 0.931 bits per heavy atom. The maximum absolute atomic E-state index is 11.5. The molecule has 162 valence electrons. The molecule has 2 fully saturated rings. The summed E-state index contributed by atoms with van der Waals surface area (Å²) in [5.74, 6) is 0.136. The van der Waals surface area contributed by atoms with Gasteiger partial charge in [0.05, 0.1) is 6.61 Å². The molecule has 0 radical (unpaired) electrons. The number of piperidine rings is 2. The van der Waals surface area contributed by atoms with E-state index in [9.17, 15) is 9.90 Å². The van der Waals surface area contributed by atoms with Crippen LogP contribution in [0.15, 0.2) is 0 Å². The van der Waals surface area contributed by atoms with E-state index >= 15 is 0 Å². The van der Waals surface area contributed by atoms with Crippen molar-refractivity contribution in [3.8, 4) is 0 Å². The first kappa shape index (κ1) is 21.4. The van der Waals surface area contributed by atoms with Crippen LogP contribution in [0.25, 0.3) is 0 Å². The molecule has 2 saturated heterocycles. The van der Waals surface area contributed by atoms with Gasteiger partial charge in [-0.25, -0.2) is 0 Å². The molecule has 0 aromatic carbocycles. The number of nitrogens with zero attached hydrogens (tertiary/aromatic N) is 5. The highest BCUT2D eigenvalue weighted by molar-refractivity contribution is 5.82. The Balaban J connectivity index is 1.94. The summed E-state index contributed by atoms with van der Waals surface area (Å²) in [6.45, 7) is 1.65. The second-order valence-electron chi connectivity index (χ2n) is 7.86. The average Bonchev–Trinajstić information content (AvgIpc) is 2.64. The third kappa shape index (κ3) is 5.39. The molecular formula is C16H31N11O2. The van der Waals surface area contributed by atoms with Crippen molar-refractivity contribution >= 4 is 23.8 Å². The highest BCUT2D eigenvalue weighted by Gasteiger charge is 2.29. The molecule has 13 nitrogen and oxygen atoms in total. The molecule has 3 heterocycles. The van der Waals surface area contributed by atoms with Gasteiger partial charge in [0, 0.05) is 50.3 Å². The van der Waals surface area contributed by atoms with Gasteiger partial charge in [-0.1, -0.05) is 0 Å². The molecule has 1 aromatic heterocycles. The number of rotatable bonds is 6. The second-order valence-corrected chi connectivity index (χ2v) is 7.86. The van der Waals surface area contributed by atoms with Crippen LogP contribution in [0.5, 0.6) is 0 Å². The van der Waals surface area contributed by atoms with E-state index < -0.39 is 18.6 Å². The first-order valence-corrected chi connectivity index (χ1v) is 9.70. The van der Waals surface area contributed by atoms with E-state index in [-0.39, 0.29) is 30.1 Å². The van der Waals surface area contributed by atoms with Crippen LogP contribution in [-0.4, -0.2) is 89.0 Å². The lowest BCUT2D eigenvalue weighted by molar-refractivity contribution is -0.119. The van der Waals surface area contributed by atoms with Gasteiger partial charge in [0.2, 0.25) is 23.8 Å². The number of hydrogen-bond acceptors (Lipinski definition) is 12. The molecular weight excluding hydrogens is 378 g/mol. The Labute approximate surface area is 169 Å². The minimum atomic E-state index is -1.03. The number of carbonyl (C=O) groups is 1. The first-order valence-electron chi connectivity index (χ1n) is 9.70. The number of carbonyl (C=O) groups excluding carboxylic acids is 1. The molecule has 29 heavy (non-hydrogen) atoms. The monoisotopic (exact) mass is 409 g/mol. The molecule has 0 saturated carbocycles. The van der Waals surface area contributed by atoms with Crippen LogP contribution < -0.4 is 43.8 Å². The maximum atomic E-state index is 11.5. The Bertz CT molecular complexity index is 656. The molecule has 5 atom stereocenters. The number of aliphatic hydroxyl groups is 1. The maximum Gasteiger partial charge on any atom is 0.242 e. The van der Waals surface area contributed by atoms with Gasteiger partial charge in [0.25, 0.3) is 0 Å². The van der Waals surface area contributed by atoms with Crippen LogP contribution in [0.1, 0.15) is 12.8 Å². The SMILES string of the molecule is NC(=O)[C@H](CO)Nc1nc(N2C[C@H](N)C[C@H](N)C2)nc(N2C[C@H](N)C[C@H](N)C2)n1. The molecule has 2 aliphatic heterocycles. The number of nitrogens with one attached hydrogen (secondary N) is 1. The van der Waals surface area contributed by atoms with Gasteiger partial charge in [-0.15, -0.1) is 0 Å². The number of amides is 1. The van der Waals surface area contributed by atoms with E-state index in [0.717, 1.165) is 0 Å². The van der Waals surface area contributed by atoms with Gasteiger partial charge in [-0.2, -0.15) is 15.0 Å². The van der Waals surface area contributed by atoms with Crippen LogP contribution >= 0.6 is 0 Å². The predicted molar refractivity (Wildman–Crippen MR) is 109 cm³/mol. The van der Waals surface area contributed by atoms with E-state index in [1.54, 1.807) is 0 Å². The number of aromatic nitrogens is 3. The third-order valence-electron chi connectivity index (χ3n) is 5.04. The van der Waals surface area contributed by atoms with Gasteiger partial charge in [-0.3, -0.25) is 4.79 Å². The quantitative estimate of drug-likeness (QED) is 0.238. The summed E-state index contributed by atoms with van der Waals surface area (Å²) in [7, 11) is 0. The lowest BCUT2D eigenvalue weighted by atomic mass is 10.0. The van der Waals surface area contributed by atoms with Crippen molar-refractivity contribution < 1.29 is 9.90 Å². The van der Waals surface area contributed by atoms with Crippen molar-refractivity contribution in [3.05, 3.63) is 0 Å². The predicted octanol–water partition coefficient (Wildman–Crippen LogP) is -4.14. The third-order valence-corrected chi connectivity index (χ3v) is 5.04. The van der Waals surface area contributed by atoms with E-state index in [4.69, 9.17) is 28.7 Å². The highest BCUT2D eigenvalue weighted by Crippen LogP contribution is 2.22. The van der Waals surface area contributed by atoms with Crippen LogP contribution in [-0.2, 0) is 4.79 Å². The molecule has 1 amide bonds. The fourth-order valence-corrected chi connectivity index (χ4v) is 3.75. The van der Waals surface area contributed by atoms with Crippen LogP contribution in [0.3, 0.4) is 0 Å². The average molecular weight is 409 g/mol. The minimum absolute atomic E-state index is 0.108. The minimum Gasteiger partial charge on any atom is -0.394 e. The smallest absolute Gasteiger partial charge is 0.242 e. The molecule has 2 aliphatic rings. The summed E-state index contributed by atoms with van der Waals surface area (Å²) in [4.78, 5) is 28.7. The molecule has 13 heteroatoms. The molecule has 0 unspecified atom stereocenters. The Kier molecular flexibility index (Phi) is 6.64. The van der Waals surface area contributed by atoms with E-state index in [0.29, 0.717) is 50.9 Å². The summed E-state index contributed by atoms with van der Waals surface area (Å²) in [6.07, 6.45) is 1.42. The van der Waals surface area contributed by atoms with Gasteiger partial charge in [0.15, 0.2) is 0 Å². The molecule has 0 aliphatic carbocycles. The van der Waals surface area contributed by atoms with Gasteiger partial charge in [0.1, 0.15) is 6.04 Å². The van der Waals surface area contributed by atoms with Crippen molar-refractivity contribution in [2.24, 2.45) is 28.7 Å². The molecule has 3 rings (SSSR count). The summed E-state index contributed by atoms with van der Waals surface area (Å²) < 4.78 is 0. The van der Waals surface area contributed by atoms with Crippen molar-refractivity contribution in [2.75, 3.05) is 47.9 Å². The highest BCUT2D eigenvalue weighted by atomic mass is 16.3. The first-order chi connectivity index (χ1) is 13.7. The largest absolute Gasteiger partial charge is 0.394 e. The number of hydrogen-bond donors (Lipinski definition) is 7. The van der Waals surface area contributed by atoms with Crippen molar-refractivity contribution in [1.29, 1.82) is 0 Å². The second kappa shape index (κ2) is 9.00. The topological polar surface area (TPSA) is 225 Å². The molecule has 0 spiro atoms. The fourth-order valence-electron chi connectivity index (χ4n) is 3.75. The van der Waals surface area contributed by atoms with Gasteiger partial charge >= 0.3 is 0 Å². The van der Waals surface area contributed by atoms with E-state index in [2.05, 4.69) is 20.3 Å². The zero-order valence-electron chi connectivity index (χ0n) is 16.3. The van der Waals surface area contributed by atoms with E-state index in [1.807, 2.05) is 9.80 Å². The Morgan fingerprint density at radius 3 is 1.69 bits per heavy atom. The van der Waals surface area contributed by atoms with Crippen molar-refractivity contribution in [1.82, 2.24) is 15.0 Å². The molecule has 12 N–H and O–H groups in total. The van der Waals surface area contributed by atoms with Crippen LogP contribution in [0, 0.1) is 0 Å². The van der Waals surface area contributed by atoms with E-state index in [1.165, 1.54) is 0 Å². The number of aliphatic hydroxyl groups excluding tert-OH is 1. The summed E-state index contributed by atoms with van der Waals surface area (Å²) in [5.41, 5.74) is 29.7. The fraction of sp³-hybridized carbons (Fsp3) is 0.750. The summed E-state index contributed by atoms with van der Waals surface area (Å²) in [6, 6.07) is -1.47. The standard InChI is InChI=1S/C16H31N11O2/c17-8-1-9(18)4-26(3-8)15-23-14(22-12(7-28)13(21)29)24-16(25-15)27-5-10(19)2-11(20)6-27/h8-12,28H,1-7,17-20H2,(H2,21,29)(H,22,23,24,25)/t8-,9+,10-,11+,12-/m0/s1.